The van der Waals surface area contributed by atoms with Gasteiger partial charge in [-0.2, -0.15) is 0 Å². The first-order chi connectivity index (χ1) is 6.83. The molecule has 0 saturated heterocycles. The van der Waals surface area contributed by atoms with Gasteiger partial charge in [0.1, 0.15) is 5.78 Å². The number of rotatable bonds is 3. The van der Waals surface area contributed by atoms with Gasteiger partial charge in [0.05, 0.1) is 5.54 Å². The number of carbonyl (C=O) groups is 1. The molecule has 0 heterocycles. The van der Waals surface area contributed by atoms with Gasteiger partial charge in [0.15, 0.2) is 11.5 Å². The monoisotopic (exact) mass is 209 g/mol. The van der Waals surface area contributed by atoms with Crippen LogP contribution in [0.25, 0.3) is 0 Å². The van der Waals surface area contributed by atoms with Crippen LogP contribution in [-0.4, -0.2) is 21.5 Å². The molecule has 0 amide bonds. The largest absolute Gasteiger partial charge is 0.504 e. The van der Waals surface area contributed by atoms with E-state index in [4.69, 9.17) is 10.8 Å². The SMILES string of the molecule is CC(=O)C(C)(N)Cc1ccc(O)c(O)c1. The average Bonchev–Trinajstić information content (AvgIpc) is 2.10. The predicted molar refractivity (Wildman–Crippen MR) is 56.7 cm³/mol. The number of nitrogens with two attached hydrogens (primary N) is 1. The molecule has 1 atom stereocenters. The van der Waals surface area contributed by atoms with E-state index in [0.29, 0.717) is 12.0 Å². The summed E-state index contributed by atoms with van der Waals surface area (Å²) in [5.41, 5.74) is 5.56. The Labute approximate surface area is 88.3 Å². The molecule has 4 nitrogen and oxygen atoms in total. The van der Waals surface area contributed by atoms with Gasteiger partial charge in [0.2, 0.25) is 0 Å². The third-order valence-corrected chi connectivity index (χ3v) is 2.42. The number of Topliss-reactive ketones (excluding diaryl/α,β-unsaturated/α-hetero) is 1. The minimum atomic E-state index is -0.941. The highest BCUT2D eigenvalue weighted by molar-refractivity contribution is 5.85. The summed E-state index contributed by atoms with van der Waals surface area (Å²) in [4.78, 5) is 11.2. The van der Waals surface area contributed by atoms with Crippen molar-refractivity contribution in [3.8, 4) is 11.5 Å². The van der Waals surface area contributed by atoms with E-state index in [1.54, 1.807) is 13.0 Å². The lowest BCUT2D eigenvalue weighted by atomic mass is 9.90. The van der Waals surface area contributed by atoms with Gasteiger partial charge < -0.3 is 15.9 Å². The van der Waals surface area contributed by atoms with E-state index in [9.17, 15) is 9.90 Å². The second kappa shape index (κ2) is 3.90. The topological polar surface area (TPSA) is 83.6 Å². The van der Waals surface area contributed by atoms with Crippen LogP contribution in [0, 0.1) is 0 Å². The summed E-state index contributed by atoms with van der Waals surface area (Å²) in [5.74, 6) is -0.498. The number of benzene rings is 1. The highest BCUT2D eigenvalue weighted by Crippen LogP contribution is 2.26. The molecular weight excluding hydrogens is 194 g/mol. The molecule has 0 aliphatic rings. The lowest BCUT2D eigenvalue weighted by Gasteiger charge is -2.21. The number of aromatic hydroxyl groups is 2. The lowest BCUT2D eigenvalue weighted by molar-refractivity contribution is -0.121. The summed E-state index contributed by atoms with van der Waals surface area (Å²) in [5, 5.41) is 18.4. The fraction of sp³-hybridized carbons (Fsp3) is 0.364. The van der Waals surface area contributed by atoms with E-state index in [1.165, 1.54) is 19.1 Å². The predicted octanol–water partition coefficient (Wildman–Crippen LogP) is 0.947. The van der Waals surface area contributed by atoms with Crippen molar-refractivity contribution in [2.75, 3.05) is 0 Å². The van der Waals surface area contributed by atoms with Gasteiger partial charge in [-0.3, -0.25) is 4.79 Å². The molecule has 0 bridgehead atoms. The second-order valence-corrected chi connectivity index (χ2v) is 3.97. The third kappa shape index (κ3) is 2.70. The first kappa shape index (κ1) is 11.5. The van der Waals surface area contributed by atoms with Crippen LogP contribution < -0.4 is 5.73 Å². The molecule has 1 rings (SSSR count). The number of ketones is 1. The van der Waals surface area contributed by atoms with E-state index in [0.717, 1.165) is 0 Å². The minimum absolute atomic E-state index is 0.116. The van der Waals surface area contributed by atoms with E-state index < -0.39 is 5.54 Å². The van der Waals surface area contributed by atoms with Crippen molar-refractivity contribution in [2.24, 2.45) is 5.73 Å². The van der Waals surface area contributed by atoms with E-state index in [-0.39, 0.29) is 17.3 Å². The number of phenols is 2. The van der Waals surface area contributed by atoms with Crippen molar-refractivity contribution in [2.45, 2.75) is 25.8 Å². The zero-order valence-corrected chi connectivity index (χ0v) is 8.82. The van der Waals surface area contributed by atoms with Crippen LogP contribution >= 0.6 is 0 Å². The number of phenolic OH excluding ortho intramolecular Hbond substituents is 2. The van der Waals surface area contributed by atoms with Crippen LogP contribution in [0.5, 0.6) is 11.5 Å². The summed E-state index contributed by atoms with van der Waals surface area (Å²) in [7, 11) is 0. The molecule has 1 aromatic carbocycles. The number of hydrogen-bond acceptors (Lipinski definition) is 4. The maximum atomic E-state index is 11.2. The maximum absolute atomic E-state index is 11.2. The Balaban J connectivity index is 2.91. The molecule has 0 aliphatic carbocycles. The van der Waals surface area contributed by atoms with Crippen LogP contribution in [0.2, 0.25) is 0 Å². The van der Waals surface area contributed by atoms with Crippen molar-refractivity contribution in [3.05, 3.63) is 23.8 Å². The zero-order valence-electron chi connectivity index (χ0n) is 8.82. The van der Waals surface area contributed by atoms with Crippen molar-refractivity contribution >= 4 is 5.78 Å². The quantitative estimate of drug-likeness (QED) is 0.647. The third-order valence-electron chi connectivity index (χ3n) is 2.42. The Bertz CT molecular complexity index is 385. The summed E-state index contributed by atoms with van der Waals surface area (Å²) in [6.07, 6.45) is 0.330. The molecule has 1 aromatic rings. The molecular formula is C11H15NO3. The van der Waals surface area contributed by atoms with Crippen molar-refractivity contribution in [3.63, 3.8) is 0 Å². The summed E-state index contributed by atoms with van der Waals surface area (Å²) >= 11 is 0. The minimum Gasteiger partial charge on any atom is -0.504 e. The Morgan fingerprint density at radius 2 is 2.00 bits per heavy atom. The Kier molecular flexibility index (Phi) is 3.00. The summed E-state index contributed by atoms with van der Waals surface area (Å²) in [6, 6.07) is 4.41. The van der Waals surface area contributed by atoms with Gasteiger partial charge in [-0.05, 0) is 38.0 Å². The molecule has 82 valence electrons. The van der Waals surface area contributed by atoms with Crippen LogP contribution in [0.4, 0.5) is 0 Å². The maximum Gasteiger partial charge on any atom is 0.157 e. The molecule has 0 aliphatic heterocycles. The Morgan fingerprint density at radius 3 is 2.47 bits per heavy atom. The first-order valence-corrected chi connectivity index (χ1v) is 4.64. The fourth-order valence-electron chi connectivity index (χ4n) is 1.23. The molecule has 0 aromatic heterocycles. The molecule has 1 unspecified atom stereocenters. The van der Waals surface area contributed by atoms with E-state index in [2.05, 4.69) is 0 Å². The Hall–Kier alpha value is -1.55. The molecule has 0 fully saturated rings. The molecule has 4 N–H and O–H groups in total. The number of carbonyl (C=O) groups excluding carboxylic acids is 1. The van der Waals surface area contributed by atoms with Gasteiger partial charge in [-0.15, -0.1) is 0 Å². The number of hydrogen-bond donors (Lipinski definition) is 3. The molecule has 4 heteroatoms. The lowest BCUT2D eigenvalue weighted by Crippen LogP contribution is -2.45. The highest BCUT2D eigenvalue weighted by Gasteiger charge is 2.24. The van der Waals surface area contributed by atoms with Gasteiger partial charge in [0.25, 0.3) is 0 Å². The van der Waals surface area contributed by atoms with Gasteiger partial charge in [-0.25, -0.2) is 0 Å². The first-order valence-electron chi connectivity index (χ1n) is 4.64. The highest BCUT2D eigenvalue weighted by atomic mass is 16.3. The smallest absolute Gasteiger partial charge is 0.157 e. The molecule has 0 saturated carbocycles. The van der Waals surface area contributed by atoms with Crippen LogP contribution in [0.1, 0.15) is 19.4 Å². The van der Waals surface area contributed by atoms with Crippen molar-refractivity contribution < 1.29 is 15.0 Å². The normalized spacial score (nSPS) is 14.6. The molecule has 15 heavy (non-hydrogen) atoms. The van der Waals surface area contributed by atoms with Crippen LogP contribution in [0.15, 0.2) is 18.2 Å². The van der Waals surface area contributed by atoms with Gasteiger partial charge in [-0.1, -0.05) is 6.07 Å². The molecule has 0 radical (unpaired) electrons. The zero-order chi connectivity index (χ0) is 11.6. The van der Waals surface area contributed by atoms with Crippen LogP contribution in [-0.2, 0) is 11.2 Å². The van der Waals surface area contributed by atoms with Gasteiger partial charge in [0, 0.05) is 0 Å². The second-order valence-electron chi connectivity index (χ2n) is 3.97. The summed E-state index contributed by atoms with van der Waals surface area (Å²) in [6.45, 7) is 3.07. The van der Waals surface area contributed by atoms with Gasteiger partial charge >= 0.3 is 0 Å². The van der Waals surface area contributed by atoms with Crippen molar-refractivity contribution in [1.29, 1.82) is 0 Å². The van der Waals surface area contributed by atoms with E-state index >= 15 is 0 Å². The van der Waals surface area contributed by atoms with Crippen LogP contribution in [0.3, 0.4) is 0 Å². The fourth-order valence-corrected chi connectivity index (χ4v) is 1.23. The molecule has 0 spiro atoms. The van der Waals surface area contributed by atoms with E-state index in [1.807, 2.05) is 0 Å². The average molecular weight is 209 g/mol. The Morgan fingerprint density at radius 1 is 1.40 bits per heavy atom. The van der Waals surface area contributed by atoms with Crippen molar-refractivity contribution in [1.82, 2.24) is 0 Å². The standard InChI is InChI=1S/C11H15NO3/c1-7(13)11(2,12)6-8-3-4-9(14)10(15)5-8/h3-5,14-15H,6,12H2,1-2H3. The summed E-state index contributed by atoms with van der Waals surface area (Å²) < 4.78 is 0.